The fourth-order valence-corrected chi connectivity index (χ4v) is 3.04. The number of nitrogens with one attached hydrogen (secondary N) is 1. The van der Waals surface area contributed by atoms with Crippen molar-refractivity contribution in [3.05, 3.63) is 40.7 Å². The minimum atomic E-state index is 0.337. The Morgan fingerprint density at radius 3 is 2.07 bits per heavy atom. The molecule has 0 fully saturated rings. The molecular formula is C20H22N4O5S. The third-order valence-corrected chi connectivity index (χ3v) is 4.57. The summed E-state index contributed by atoms with van der Waals surface area (Å²) in [5.74, 6) is 3.25. The van der Waals surface area contributed by atoms with E-state index in [-0.39, 0.29) is 0 Å². The second kappa shape index (κ2) is 9.31. The number of methoxy groups -OCH3 is 5. The Bertz CT molecular complexity index is 1100. The number of hydrogen-bond donors (Lipinski definition) is 1. The molecule has 1 heterocycles. The summed E-state index contributed by atoms with van der Waals surface area (Å²) in [5.41, 5.74) is 1.48. The number of ether oxygens (including phenoxy) is 5. The second-order valence-corrected chi connectivity index (χ2v) is 6.32. The zero-order chi connectivity index (χ0) is 21.7. The van der Waals surface area contributed by atoms with Crippen molar-refractivity contribution in [3.63, 3.8) is 0 Å². The van der Waals surface area contributed by atoms with Gasteiger partial charge < -0.3 is 23.7 Å². The maximum absolute atomic E-state index is 5.38. The van der Waals surface area contributed by atoms with E-state index in [4.69, 9.17) is 35.9 Å². The van der Waals surface area contributed by atoms with Crippen molar-refractivity contribution in [2.45, 2.75) is 0 Å². The van der Waals surface area contributed by atoms with Crippen LogP contribution in [0.3, 0.4) is 0 Å². The van der Waals surface area contributed by atoms with Gasteiger partial charge in [-0.3, -0.25) is 0 Å². The first-order valence-electron chi connectivity index (χ1n) is 8.80. The lowest BCUT2D eigenvalue weighted by Gasteiger charge is -2.12. The fourth-order valence-electron chi connectivity index (χ4n) is 2.86. The first-order chi connectivity index (χ1) is 14.6. The Morgan fingerprint density at radius 2 is 1.50 bits per heavy atom. The number of rotatable bonds is 8. The van der Waals surface area contributed by atoms with Gasteiger partial charge in [-0.25, -0.2) is 5.10 Å². The van der Waals surface area contributed by atoms with E-state index < -0.39 is 0 Å². The fraction of sp³-hybridized carbons (Fsp3) is 0.250. The predicted molar refractivity (Wildman–Crippen MR) is 115 cm³/mol. The van der Waals surface area contributed by atoms with Crippen molar-refractivity contribution in [2.75, 3.05) is 35.5 Å². The molecule has 0 amide bonds. The van der Waals surface area contributed by atoms with Gasteiger partial charge in [0.1, 0.15) is 0 Å². The van der Waals surface area contributed by atoms with E-state index in [1.165, 1.54) is 4.68 Å². The first kappa shape index (κ1) is 21.2. The number of nitrogens with zero attached hydrogens (tertiary/aromatic N) is 3. The topological polar surface area (TPSA) is 92.1 Å². The third-order valence-electron chi connectivity index (χ3n) is 4.30. The quantitative estimate of drug-likeness (QED) is 0.432. The van der Waals surface area contributed by atoms with Crippen LogP contribution in [0.1, 0.15) is 5.56 Å². The molecule has 9 nitrogen and oxygen atoms in total. The molecule has 10 heteroatoms. The minimum Gasteiger partial charge on any atom is -0.493 e. The summed E-state index contributed by atoms with van der Waals surface area (Å²) in [6, 6.07) is 9.00. The summed E-state index contributed by atoms with van der Waals surface area (Å²) in [5, 5.41) is 11.5. The summed E-state index contributed by atoms with van der Waals surface area (Å²) in [4.78, 5) is 0. The van der Waals surface area contributed by atoms with Crippen LogP contribution in [-0.4, -0.2) is 56.6 Å². The molecule has 0 bridgehead atoms. The Hall–Kier alpha value is -3.53. The highest BCUT2D eigenvalue weighted by Gasteiger charge is 2.14. The molecule has 0 aliphatic rings. The van der Waals surface area contributed by atoms with Gasteiger partial charge in [-0.15, -0.1) is 0 Å². The Balaban J connectivity index is 2.03. The maximum Gasteiger partial charge on any atom is 0.216 e. The van der Waals surface area contributed by atoms with E-state index >= 15 is 0 Å². The molecule has 0 aliphatic carbocycles. The number of H-pyrrole nitrogens is 1. The highest BCUT2D eigenvalue weighted by Crippen LogP contribution is 2.38. The van der Waals surface area contributed by atoms with Crippen molar-refractivity contribution in [3.8, 4) is 40.1 Å². The summed E-state index contributed by atoms with van der Waals surface area (Å²) >= 11 is 5.34. The van der Waals surface area contributed by atoms with Crippen molar-refractivity contribution in [1.29, 1.82) is 0 Å². The van der Waals surface area contributed by atoms with Crippen LogP contribution in [0, 0.1) is 4.77 Å². The van der Waals surface area contributed by atoms with Crippen LogP contribution >= 0.6 is 12.2 Å². The van der Waals surface area contributed by atoms with Crippen LogP contribution in [0.4, 0.5) is 0 Å². The second-order valence-electron chi connectivity index (χ2n) is 5.94. The zero-order valence-electron chi connectivity index (χ0n) is 17.3. The molecule has 0 aliphatic heterocycles. The van der Waals surface area contributed by atoms with Crippen LogP contribution in [0.5, 0.6) is 28.7 Å². The molecule has 0 saturated heterocycles. The predicted octanol–water partition coefficient (Wildman–Crippen LogP) is 3.53. The van der Waals surface area contributed by atoms with Crippen LogP contribution in [0.2, 0.25) is 0 Å². The smallest absolute Gasteiger partial charge is 0.216 e. The molecule has 158 valence electrons. The number of aromatic amines is 1. The van der Waals surface area contributed by atoms with Crippen molar-refractivity contribution in [2.24, 2.45) is 5.10 Å². The normalized spacial score (nSPS) is 10.8. The lowest BCUT2D eigenvalue weighted by Crippen LogP contribution is -1.99. The number of aromatic nitrogens is 3. The molecule has 30 heavy (non-hydrogen) atoms. The van der Waals surface area contributed by atoms with Gasteiger partial charge in [0.15, 0.2) is 28.8 Å². The lowest BCUT2D eigenvalue weighted by molar-refractivity contribution is 0.324. The van der Waals surface area contributed by atoms with Crippen molar-refractivity contribution in [1.82, 2.24) is 14.9 Å². The number of hydrogen-bond acceptors (Lipinski definition) is 8. The van der Waals surface area contributed by atoms with Crippen LogP contribution in [0.25, 0.3) is 11.4 Å². The molecule has 0 unspecified atom stereocenters. The molecule has 2 aromatic carbocycles. The Kier molecular flexibility index (Phi) is 6.58. The largest absolute Gasteiger partial charge is 0.493 e. The molecule has 0 radical (unpaired) electrons. The molecule has 0 spiro atoms. The van der Waals surface area contributed by atoms with Gasteiger partial charge in [0.05, 0.1) is 41.8 Å². The Morgan fingerprint density at radius 1 is 0.867 bits per heavy atom. The summed E-state index contributed by atoms with van der Waals surface area (Å²) in [6.45, 7) is 0. The van der Waals surface area contributed by atoms with E-state index in [0.29, 0.717) is 39.3 Å². The molecule has 1 N–H and O–H groups in total. The van der Waals surface area contributed by atoms with Gasteiger partial charge in [-0.1, -0.05) is 0 Å². The van der Waals surface area contributed by atoms with Crippen molar-refractivity contribution >= 4 is 18.4 Å². The van der Waals surface area contributed by atoms with Gasteiger partial charge >= 0.3 is 0 Å². The monoisotopic (exact) mass is 430 g/mol. The van der Waals surface area contributed by atoms with E-state index in [1.807, 2.05) is 6.07 Å². The highest BCUT2D eigenvalue weighted by molar-refractivity contribution is 7.71. The molecule has 1 aromatic heterocycles. The molecular weight excluding hydrogens is 408 g/mol. The number of benzene rings is 2. The van der Waals surface area contributed by atoms with Crippen molar-refractivity contribution < 1.29 is 23.7 Å². The van der Waals surface area contributed by atoms with Crippen LogP contribution in [-0.2, 0) is 0 Å². The maximum atomic E-state index is 5.38. The van der Waals surface area contributed by atoms with Gasteiger partial charge in [-0.2, -0.15) is 14.9 Å². The molecule has 0 saturated carbocycles. The SMILES string of the molecule is COc1ccc(-c2n[nH]c(=S)n2N=Cc2cc(OC)c(OC)c(OC)c2)cc1OC. The average molecular weight is 430 g/mol. The Labute approximate surface area is 178 Å². The van der Waals surface area contributed by atoms with Gasteiger partial charge in [0.2, 0.25) is 10.5 Å². The van der Waals surface area contributed by atoms with Gasteiger partial charge in [-0.05, 0) is 42.5 Å². The van der Waals surface area contributed by atoms with E-state index in [0.717, 1.165) is 11.1 Å². The zero-order valence-corrected chi connectivity index (χ0v) is 18.1. The van der Waals surface area contributed by atoms with E-state index in [2.05, 4.69) is 15.3 Å². The van der Waals surface area contributed by atoms with Gasteiger partial charge in [0, 0.05) is 11.1 Å². The first-order valence-corrected chi connectivity index (χ1v) is 9.21. The van der Waals surface area contributed by atoms with Crippen LogP contribution in [0.15, 0.2) is 35.4 Å². The lowest BCUT2D eigenvalue weighted by atomic mass is 10.2. The highest BCUT2D eigenvalue weighted by atomic mass is 32.1. The standard InChI is InChI=1S/C20H22N4O5S/c1-25-14-7-6-13(10-15(14)26-2)19-22-23-20(30)24(19)21-11-12-8-16(27-3)18(29-5)17(9-12)28-4/h6-11H,1-5H3,(H,23,30). The molecule has 0 atom stereocenters. The van der Waals surface area contributed by atoms with E-state index in [9.17, 15) is 0 Å². The summed E-state index contributed by atoms with van der Waals surface area (Å²) in [6.07, 6.45) is 1.63. The third kappa shape index (κ3) is 4.08. The van der Waals surface area contributed by atoms with Gasteiger partial charge in [0.25, 0.3) is 0 Å². The summed E-state index contributed by atoms with van der Waals surface area (Å²) in [7, 11) is 7.81. The molecule has 3 aromatic rings. The molecule has 3 rings (SSSR count). The van der Waals surface area contributed by atoms with E-state index in [1.54, 1.807) is 66.0 Å². The minimum absolute atomic E-state index is 0.337. The average Bonchev–Trinajstić information content (AvgIpc) is 3.16. The summed E-state index contributed by atoms with van der Waals surface area (Å²) < 4.78 is 28.6. The van der Waals surface area contributed by atoms with Crippen LogP contribution < -0.4 is 23.7 Å².